The average molecular weight is 745 g/mol. The van der Waals surface area contributed by atoms with Crippen molar-refractivity contribution in [2.75, 3.05) is 0 Å². The molecule has 0 aromatic heterocycles. The lowest BCUT2D eigenvalue weighted by atomic mass is 9.43. The quantitative estimate of drug-likeness (QED) is 0.163. The summed E-state index contributed by atoms with van der Waals surface area (Å²) in [6.45, 7) is 22.3. The Kier molecular flexibility index (Phi) is 11.0. The van der Waals surface area contributed by atoms with Gasteiger partial charge in [0, 0.05) is 31.6 Å². The van der Waals surface area contributed by atoms with E-state index in [4.69, 9.17) is 9.47 Å². The number of aldehydes is 1. The second-order valence-corrected chi connectivity index (χ2v) is 21.6. The Morgan fingerprint density at radius 3 is 1.69 bits per heavy atom. The van der Waals surface area contributed by atoms with Crippen molar-refractivity contribution in [3.8, 4) is 0 Å². The molecule has 0 unspecified atom stereocenters. The normalized spacial score (nSPS) is 50.3. The van der Waals surface area contributed by atoms with E-state index in [-0.39, 0.29) is 35.5 Å². The van der Waals surface area contributed by atoms with Crippen LogP contribution in [0.1, 0.15) is 166 Å². The molecule has 0 bridgehead atoms. The first kappa shape index (κ1) is 40.3. The predicted molar refractivity (Wildman–Crippen MR) is 216 cm³/mol. The fourth-order valence-electron chi connectivity index (χ4n) is 16.2. The molecule has 0 aliphatic heterocycles. The van der Waals surface area contributed by atoms with Gasteiger partial charge in [-0.25, -0.2) is 0 Å². The van der Waals surface area contributed by atoms with Gasteiger partial charge in [0.1, 0.15) is 18.5 Å². The molecule has 0 spiro atoms. The van der Waals surface area contributed by atoms with Crippen molar-refractivity contribution in [1.82, 2.24) is 0 Å². The summed E-state index contributed by atoms with van der Waals surface area (Å²) < 4.78 is 12.1. The summed E-state index contributed by atoms with van der Waals surface area (Å²) in [7, 11) is 0. The molecule has 17 atom stereocenters. The number of allylic oxidation sites excluding steroid dienone is 4. The highest BCUT2D eigenvalue weighted by molar-refractivity contribution is 5.66. The zero-order valence-corrected chi connectivity index (χ0v) is 35.9. The Balaban J connectivity index is 0.000000167. The standard InChI is InChI=1S/C25H38O3.C24H38O2/c1-15-8-10-24(4)18(12-15)13-22(28-17(3)27)23-20-7-6-19(16(2)14-26)25(20,5)11-9-21(23)24;1-6-17-7-8-19-22-20(10-12-23(17,19)4)24(5)11-9-15(2)13-18(24)14-21(22)26-16(3)25/h6,14-16,18,20-23H,7-13H2,1-5H3;6,15,18-22H,7-14H2,1-5H3/b;17-6-/t15-,16-,18+,20+,21+,22-,23+,24+,25-;15-,18+,19+,20+,21-,22+,23-,24+/m11/s1. The van der Waals surface area contributed by atoms with Crippen LogP contribution in [0.5, 0.6) is 0 Å². The van der Waals surface area contributed by atoms with Crippen LogP contribution in [0.3, 0.4) is 0 Å². The largest absolute Gasteiger partial charge is 0.462 e. The number of hydrogen-bond donors (Lipinski definition) is 0. The molecule has 7 saturated carbocycles. The van der Waals surface area contributed by atoms with Crippen LogP contribution in [0.25, 0.3) is 0 Å². The van der Waals surface area contributed by atoms with Gasteiger partial charge in [0.2, 0.25) is 0 Å². The van der Waals surface area contributed by atoms with Crippen molar-refractivity contribution in [2.45, 2.75) is 178 Å². The highest BCUT2D eigenvalue weighted by Crippen LogP contribution is 2.69. The van der Waals surface area contributed by atoms with E-state index >= 15 is 0 Å². The molecule has 8 aliphatic rings. The number of hydrogen-bond acceptors (Lipinski definition) is 5. The summed E-state index contributed by atoms with van der Waals surface area (Å²) in [5.74, 6) is 6.43. The SMILES string of the molecule is C/C=C1/CC[C@H]2[C@@H]3[C@H](OC(C)=O)C[C@@H]4C[C@H](C)CC[C@]4(C)[C@H]3CC[C@]12C.CC(=O)O[C@@H]1C[C@@H]2C[C@H](C)CC[C@]2(C)[C@H]2CC[C@]3(C)C([C@H](C)C=O)=CC[C@H]3[C@H]12. The van der Waals surface area contributed by atoms with Crippen molar-refractivity contribution in [3.63, 3.8) is 0 Å². The molecule has 0 N–H and O–H groups in total. The molecule has 0 amide bonds. The van der Waals surface area contributed by atoms with E-state index in [0.717, 1.165) is 49.2 Å². The van der Waals surface area contributed by atoms with Gasteiger partial charge >= 0.3 is 11.9 Å². The number of fused-ring (bicyclic) bond motifs is 10. The minimum absolute atomic E-state index is 0.00109. The summed E-state index contributed by atoms with van der Waals surface area (Å²) in [6.07, 6.45) is 24.9. The Hall–Kier alpha value is -1.91. The van der Waals surface area contributed by atoms with Gasteiger partial charge in [0.15, 0.2) is 0 Å². The maximum Gasteiger partial charge on any atom is 0.302 e. The van der Waals surface area contributed by atoms with Crippen LogP contribution in [-0.2, 0) is 23.9 Å². The van der Waals surface area contributed by atoms with Crippen molar-refractivity contribution in [1.29, 1.82) is 0 Å². The minimum atomic E-state index is -0.129. The molecule has 0 aromatic carbocycles. The first-order valence-electron chi connectivity index (χ1n) is 22.7. The smallest absolute Gasteiger partial charge is 0.302 e. The third-order valence-electron chi connectivity index (χ3n) is 19.0. The van der Waals surface area contributed by atoms with E-state index in [1.165, 1.54) is 82.6 Å². The molecular formula is C49H76O5. The van der Waals surface area contributed by atoms with Gasteiger partial charge in [-0.05, 0) is 159 Å². The Labute approximate surface area is 329 Å². The summed E-state index contributed by atoms with van der Waals surface area (Å²) in [5.41, 5.74) is 4.30. The average Bonchev–Trinajstić information content (AvgIpc) is 3.65. The van der Waals surface area contributed by atoms with E-state index in [1.807, 2.05) is 6.92 Å². The zero-order chi connectivity index (χ0) is 39.0. The number of carbonyl (C=O) groups is 3. The monoisotopic (exact) mass is 745 g/mol. The van der Waals surface area contributed by atoms with Gasteiger partial charge in [0.25, 0.3) is 0 Å². The topological polar surface area (TPSA) is 69.7 Å². The molecule has 0 aromatic rings. The Morgan fingerprint density at radius 2 is 1.20 bits per heavy atom. The predicted octanol–water partition coefficient (Wildman–Crippen LogP) is 11.7. The molecule has 0 heterocycles. The van der Waals surface area contributed by atoms with E-state index in [1.54, 1.807) is 19.4 Å². The van der Waals surface area contributed by atoms with Gasteiger partial charge < -0.3 is 14.3 Å². The van der Waals surface area contributed by atoms with Crippen molar-refractivity contribution in [3.05, 3.63) is 23.3 Å². The first-order chi connectivity index (χ1) is 25.5. The number of carbonyl (C=O) groups excluding carboxylic acids is 3. The molecular weight excluding hydrogens is 669 g/mol. The van der Waals surface area contributed by atoms with Crippen LogP contribution in [0.4, 0.5) is 0 Å². The number of esters is 2. The van der Waals surface area contributed by atoms with Gasteiger partial charge in [-0.3, -0.25) is 9.59 Å². The van der Waals surface area contributed by atoms with Gasteiger partial charge in [-0.1, -0.05) is 84.6 Å². The lowest BCUT2D eigenvalue weighted by Gasteiger charge is -2.62. The Morgan fingerprint density at radius 1 is 0.704 bits per heavy atom. The van der Waals surface area contributed by atoms with Crippen LogP contribution >= 0.6 is 0 Å². The van der Waals surface area contributed by atoms with E-state index in [9.17, 15) is 14.4 Å². The lowest BCUT2D eigenvalue weighted by Crippen LogP contribution is -2.58. The molecule has 8 aliphatic carbocycles. The maximum atomic E-state index is 12.0. The molecule has 0 radical (unpaired) electrons. The molecule has 0 saturated heterocycles. The van der Waals surface area contributed by atoms with Gasteiger partial charge in [-0.15, -0.1) is 0 Å². The second kappa shape index (κ2) is 14.8. The molecule has 302 valence electrons. The van der Waals surface area contributed by atoms with E-state index in [0.29, 0.717) is 51.8 Å². The van der Waals surface area contributed by atoms with Crippen molar-refractivity contribution in [2.24, 2.45) is 86.8 Å². The van der Waals surface area contributed by atoms with Crippen LogP contribution in [0, 0.1) is 86.8 Å². The summed E-state index contributed by atoms with van der Waals surface area (Å²) in [6, 6.07) is 0. The molecule has 7 fully saturated rings. The number of rotatable bonds is 4. The van der Waals surface area contributed by atoms with Crippen LogP contribution in [-0.4, -0.2) is 30.4 Å². The molecule has 5 nitrogen and oxygen atoms in total. The second-order valence-electron chi connectivity index (χ2n) is 21.6. The molecule has 5 heteroatoms. The summed E-state index contributed by atoms with van der Waals surface area (Å²) in [4.78, 5) is 35.5. The zero-order valence-electron chi connectivity index (χ0n) is 35.9. The highest BCUT2D eigenvalue weighted by atomic mass is 16.5. The van der Waals surface area contributed by atoms with Crippen LogP contribution < -0.4 is 0 Å². The molecule has 8 rings (SSSR count). The van der Waals surface area contributed by atoms with Crippen molar-refractivity contribution < 1.29 is 23.9 Å². The first-order valence-corrected chi connectivity index (χ1v) is 22.7. The van der Waals surface area contributed by atoms with E-state index in [2.05, 4.69) is 60.6 Å². The van der Waals surface area contributed by atoms with Gasteiger partial charge in [-0.2, -0.15) is 0 Å². The Bertz CT molecular complexity index is 1510. The highest BCUT2D eigenvalue weighted by Gasteiger charge is 2.64. The van der Waals surface area contributed by atoms with Crippen LogP contribution in [0.15, 0.2) is 23.3 Å². The third-order valence-corrected chi connectivity index (χ3v) is 19.0. The molecule has 54 heavy (non-hydrogen) atoms. The van der Waals surface area contributed by atoms with Crippen molar-refractivity contribution >= 4 is 18.2 Å². The fourth-order valence-corrected chi connectivity index (χ4v) is 16.2. The number of ether oxygens (including phenoxy) is 2. The minimum Gasteiger partial charge on any atom is -0.462 e. The van der Waals surface area contributed by atoms with Gasteiger partial charge in [0.05, 0.1) is 0 Å². The maximum absolute atomic E-state index is 12.0. The van der Waals surface area contributed by atoms with Crippen LogP contribution in [0.2, 0.25) is 0 Å². The summed E-state index contributed by atoms with van der Waals surface area (Å²) in [5, 5.41) is 0. The lowest BCUT2D eigenvalue weighted by molar-refractivity contribution is -0.187. The van der Waals surface area contributed by atoms with E-state index < -0.39 is 0 Å². The summed E-state index contributed by atoms with van der Waals surface area (Å²) >= 11 is 0. The fraction of sp³-hybridized carbons (Fsp3) is 0.857. The third kappa shape index (κ3) is 6.52.